The number of hydrogen-bond acceptors (Lipinski definition) is 5. The van der Waals surface area contributed by atoms with Crippen LogP contribution in [-0.2, 0) is 14.8 Å². The van der Waals surface area contributed by atoms with Gasteiger partial charge in [-0.3, -0.25) is 0 Å². The third-order valence-electron chi connectivity index (χ3n) is 3.20. The highest BCUT2D eigenvalue weighted by Gasteiger charge is 2.20. The molecule has 0 amide bonds. The minimum absolute atomic E-state index is 0.0595. The van der Waals surface area contributed by atoms with E-state index < -0.39 is 10.0 Å². The van der Waals surface area contributed by atoms with Gasteiger partial charge >= 0.3 is 0 Å². The molecule has 2 atom stereocenters. The fraction of sp³-hybridized carbons (Fsp3) is 0.500. The molecule has 19 heavy (non-hydrogen) atoms. The lowest BCUT2D eigenvalue weighted by Gasteiger charge is -2.29. The molecule has 7 heteroatoms. The summed E-state index contributed by atoms with van der Waals surface area (Å²) in [6.07, 6.45) is 1.91. The molecule has 0 aromatic heterocycles. The van der Waals surface area contributed by atoms with Gasteiger partial charge in [-0.15, -0.1) is 0 Å². The molecule has 0 bridgehead atoms. The van der Waals surface area contributed by atoms with Gasteiger partial charge in [-0.05, 0) is 38.0 Å². The molecule has 0 aliphatic carbocycles. The van der Waals surface area contributed by atoms with E-state index in [1.165, 1.54) is 12.1 Å². The maximum absolute atomic E-state index is 11.3. The molecule has 1 heterocycles. The van der Waals surface area contributed by atoms with Crippen LogP contribution in [0, 0.1) is 0 Å². The lowest BCUT2D eigenvalue weighted by molar-refractivity contribution is 0.0232. The molecule has 1 fully saturated rings. The lowest BCUT2D eigenvalue weighted by Crippen LogP contribution is -2.32. The predicted molar refractivity (Wildman–Crippen MR) is 74.3 cm³/mol. The Morgan fingerprint density at radius 2 is 2.16 bits per heavy atom. The number of ether oxygens (including phenoxy) is 1. The topological polar surface area (TPSA) is 107 Å². The first-order valence-electron chi connectivity index (χ1n) is 6.17. The quantitative estimate of drug-likeness (QED) is 0.715. The van der Waals surface area contributed by atoms with Crippen molar-refractivity contribution in [2.45, 2.75) is 36.8 Å². The van der Waals surface area contributed by atoms with Crippen molar-refractivity contribution in [2.24, 2.45) is 5.14 Å². The number of sulfonamides is 1. The molecule has 0 spiro atoms. The molecule has 2 rings (SSSR count). The Morgan fingerprint density at radius 3 is 2.79 bits per heavy atom. The Bertz CT molecular complexity index is 559. The van der Waals surface area contributed by atoms with E-state index in [2.05, 4.69) is 5.32 Å². The highest BCUT2D eigenvalue weighted by atomic mass is 32.2. The maximum atomic E-state index is 11.3. The molecule has 1 aromatic rings. The number of rotatable bonds is 3. The fourth-order valence-corrected chi connectivity index (χ4v) is 2.73. The number of hydrogen-bond donors (Lipinski definition) is 3. The van der Waals surface area contributed by atoms with Crippen LogP contribution in [0.4, 0.5) is 11.4 Å². The average Bonchev–Trinajstić information content (AvgIpc) is 2.30. The van der Waals surface area contributed by atoms with Gasteiger partial charge < -0.3 is 15.8 Å². The first-order chi connectivity index (χ1) is 8.86. The third kappa shape index (κ3) is 3.59. The molecule has 1 aliphatic rings. The van der Waals surface area contributed by atoms with Gasteiger partial charge in [0.1, 0.15) is 0 Å². The molecule has 1 saturated heterocycles. The molecule has 6 nitrogen and oxygen atoms in total. The largest absolute Gasteiger partial charge is 0.397 e. The summed E-state index contributed by atoms with van der Waals surface area (Å²) in [6, 6.07) is 4.65. The maximum Gasteiger partial charge on any atom is 0.238 e. The van der Waals surface area contributed by atoms with Crippen LogP contribution >= 0.6 is 0 Å². The van der Waals surface area contributed by atoms with Gasteiger partial charge in [-0.1, -0.05) is 0 Å². The normalized spacial score (nSPS) is 24.1. The van der Waals surface area contributed by atoms with Crippen molar-refractivity contribution in [3.63, 3.8) is 0 Å². The molecule has 106 valence electrons. The van der Waals surface area contributed by atoms with Crippen LogP contribution in [0.1, 0.15) is 19.8 Å². The van der Waals surface area contributed by atoms with Gasteiger partial charge in [0.15, 0.2) is 0 Å². The van der Waals surface area contributed by atoms with Gasteiger partial charge in [0.25, 0.3) is 0 Å². The average molecular weight is 285 g/mol. The Kier molecular flexibility index (Phi) is 3.98. The molecule has 1 aromatic carbocycles. The minimum Gasteiger partial charge on any atom is -0.397 e. The van der Waals surface area contributed by atoms with Crippen LogP contribution in [0.5, 0.6) is 0 Å². The van der Waals surface area contributed by atoms with Gasteiger partial charge in [0.05, 0.1) is 22.4 Å². The third-order valence-corrected chi connectivity index (χ3v) is 4.11. The monoisotopic (exact) mass is 285 g/mol. The van der Waals surface area contributed by atoms with E-state index in [4.69, 9.17) is 15.6 Å². The second kappa shape index (κ2) is 5.36. The summed E-state index contributed by atoms with van der Waals surface area (Å²) in [4.78, 5) is 0.0595. The molecule has 2 unspecified atom stereocenters. The van der Waals surface area contributed by atoms with Crippen molar-refractivity contribution in [1.82, 2.24) is 0 Å². The summed E-state index contributed by atoms with van der Waals surface area (Å²) in [6.45, 7) is 2.70. The van der Waals surface area contributed by atoms with E-state index in [1.54, 1.807) is 6.07 Å². The van der Waals surface area contributed by atoms with Crippen LogP contribution in [0.25, 0.3) is 0 Å². The van der Waals surface area contributed by atoms with E-state index >= 15 is 0 Å². The highest BCUT2D eigenvalue weighted by molar-refractivity contribution is 7.89. The lowest BCUT2D eigenvalue weighted by atomic mass is 10.0. The smallest absolute Gasteiger partial charge is 0.238 e. The fourth-order valence-electron chi connectivity index (χ4n) is 2.19. The number of primary sulfonamides is 1. The zero-order valence-electron chi connectivity index (χ0n) is 10.8. The Labute approximate surface area is 113 Å². The van der Waals surface area contributed by atoms with Crippen molar-refractivity contribution < 1.29 is 13.2 Å². The van der Waals surface area contributed by atoms with E-state index in [0.29, 0.717) is 18.0 Å². The van der Waals surface area contributed by atoms with Crippen molar-refractivity contribution >= 4 is 21.4 Å². The molecule has 1 aliphatic heterocycles. The van der Waals surface area contributed by atoms with Gasteiger partial charge in [-0.2, -0.15) is 0 Å². The van der Waals surface area contributed by atoms with Crippen molar-refractivity contribution in [3.05, 3.63) is 18.2 Å². The number of benzene rings is 1. The van der Waals surface area contributed by atoms with E-state index in [0.717, 1.165) is 12.8 Å². The molecular formula is C12H19N3O3S. The Balaban J connectivity index is 2.19. The standard InChI is InChI=1S/C12H19N3O3S/c1-8-6-9(4-5-18-8)15-12-7-10(19(14,16)17)2-3-11(12)13/h2-3,7-9,15H,4-6,13H2,1H3,(H2,14,16,17). The SMILES string of the molecule is CC1CC(Nc2cc(S(N)(=O)=O)ccc2N)CCO1. The summed E-state index contributed by atoms with van der Waals surface area (Å²) in [7, 11) is -3.71. The van der Waals surface area contributed by atoms with Gasteiger partial charge in [0, 0.05) is 12.6 Å². The highest BCUT2D eigenvalue weighted by Crippen LogP contribution is 2.25. The van der Waals surface area contributed by atoms with E-state index in [1.807, 2.05) is 6.92 Å². The molecular weight excluding hydrogens is 266 g/mol. The van der Waals surface area contributed by atoms with Crippen molar-refractivity contribution in [1.29, 1.82) is 0 Å². The van der Waals surface area contributed by atoms with Crippen LogP contribution in [-0.4, -0.2) is 27.2 Å². The number of nitrogens with one attached hydrogen (secondary N) is 1. The van der Waals surface area contributed by atoms with Crippen LogP contribution in [0.2, 0.25) is 0 Å². The minimum atomic E-state index is -3.71. The summed E-state index contributed by atoms with van der Waals surface area (Å²) < 4.78 is 28.1. The van der Waals surface area contributed by atoms with Crippen LogP contribution < -0.4 is 16.2 Å². The number of nitrogen functional groups attached to an aromatic ring is 1. The zero-order chi connectivity index (χ0) is 14.0. The Hall–Kier alpha value is -1.31. The molecule has 0 saturated carbocycles. The molecule has 5 N–H and O–H groups in total. The van der Waals surface area contributed by atoms with Crippen LogP contribution in [0.15, 0.2) is 23.1 Å². The first-order valence-corrected chi connectivity index (χ1v) is 7.71. The zero-order valence-corrected chi connectivity index (χ0v) is 11.6. The molecule has 0 radical (unpaired) electrons. The number of anilines is 2. The summed E-state index contributed by atoms with van der Waals surface area (Å²) in [5.74, 6) is 0. The van der Waals surface area contributed by atoms with Gasteiger partial charge in [-0.25, -0.2) is 13.6 Å². The first kappa shape index (κ1) is 14.1. The summed E-state index contributed by atoms with van der Waals surface area (Å²) in [5, 5.41) is 8.38. The predicted octanol–water partition coefficient (Wildman–Crippen LogP) is 0.896. The van der Waals surface area contributed by atoms with Crippen molar-refractivity contribution in [2.75, 3.05) is 17.7 Å². The van der Waals surface area contributed by atoms with Gasteiger partial charge in [0.2, 0.25) is 10.0 Å². The summed E-state index contributed by atoms with van der Waals surface area (Å²) >= 11 is 0. The Morgan fingerprint density at radius 1 is 1.42 bits per heavy atom. The summed E-state index contributed by atoms with van der Waals surface area (Å²) in [5.41, 5.74) is 6.96. The number of nitrogens with two attached hydrogens (primary N) is 2. The van der Waals surface area contributed by atoms with E-state index in [9.17, 15) is 8.42 Å². The van der Waals surface area contributed by atoms with Crippen molar-refractivity contribution in [3.8, 4) is 0 Å². The van der Waals surface area contributed by atoms with E-state index in [-0.39, 0.29) is 17.0 Å². The van der Waals surface area contributed by atoms with Crippen LogP contribution in [0.3, 0.4) is 0 Å². The second-order valence-corrected chi connectivity index (χ2v) is 6.40. The second-order valence-electron chi connectivity index (χ2n) is 4.84.